The first-order valence-corrected chi connectivity index (χ1v) is 11.2. The van der Waals surface area contributed by atoms with E-state index >= 15 is 0 Å². The second kappa shape index (κ2) is 11.5. The first-order valence-electron chi connectivity index (χ1n) is 11.2. The number of benzene rings is 3. The van der Waals surface area contributed by atoms with Crippen LogP contribution in [0.25, 0.3) is 0 Å². The van der Waals surface area contributed by atoms with Crippen molar-refractivity contribution in [3.63, 3.8) is 0 Å². The highest BCUT2D eigenvalue weighted by Crippen LogP contribution is 2.40. The van der Waals surface area contributed by atoms with Gasteiger partial charge in [-0.05, 0) is 35.9 Å². The van der Waals surface area contributed by atoms with Crippen LogP contribution in [0.4, 0.5) is 0 Å². The van der Waals surface area contributed by atoms with E-state index < -0.39 is 6.10 Å². The maximum absolute atomic E-state index is 11.2. The number of likely N-dealkylation sites (N-methyl/N-ethyl adjacent to an activating group) is 1. The van der Waals surface area contributed by atoms with Crippen LogP contribution in [-0.4, -0.2) is 54.7 Å². The first-order chi connectivity index (χ1) is 15.6. The summed E-state index contributed by atoms with van der Waals surface area (Å²) in [6.45, 7) is 7.40. The third kappa shape index (κ3) is 5.48. The van der Waals surface area contributed by atoms with E-state index in [1.54, 1.807) is 6.08 Å². The molecule has 0 bridgehead atoms. The summed E-state index contributed by atoms with van der Waals surface area (Å²) < 4.78 is 5.58. The summed E-state index contributed by atoms with van der Waals surface area (Å²) in [6.07, 6.45) is 1.13. The molecule has 3 aromatic rings. The highest BCUT2D eigenvalue weighted by molar-refractivity contribution is 5.85. The van der Waals surface area contributed by atoms with Gasteiger partial charge in [-0.2, -0.15) is 0 Å². The average molecular weight is 465 g/mol. The molecule has 1 atom stereocenters. The summed E-state index contributed by atoms with van der Waals surface area (Å²) in [5.41, 5.74) is 3.06. The zero-order valence-corrected chi connectivity index (χ0v) is 20.0. The smallest absolute Gasteiger partial charge is 0.119 e. The van der Waals surface area contributed by atoms with Crippen LogP contribution in [0.15, 0.2) is 97.6 Å². The van der Waals surface area contributed by atoms with Crippen LogP contribution in [0.3, 0.4) is 0 Å². The molecule has 3 aromatic carbocycles. The highest BCUT2D eigenvalue weighted by Gasteiger charge is 2.44. The van der Waals surface area contributed by atoms with Crippen molar-refractivity contribution in [3.05, 3.63) is 114 Å². The SMILES string of the molecule is C=CCOc1ccc(C(O)CN2CCN(C)CC2(c2ccccc2)c2ccccc2)cc1.Cl. The van der Waals surface area contributed by atoms with Gasteiger partial charge in [-0.3, -0.25) is 4.90 Å². The average Bonchev–Trinajstić information content (AvgIpc) is 2.85. The van der Waals surface area contributed by atoms with Crippen LogP contribution in [0.1, 0.15) is 22.8 Å². The van der Waals surface area contributed by atoms with E-state index in [2.05, 4.69) is 84.1 Å². The van der Waals surface area contributed by atoms with Gasteiger partial charge in [0.2, 0.25) is 0 Å². The highest BCUT2D eigenvalue weighted by atomic mass is 35.5. The minimum absolute atomic E-state index is 0. The third-order valence-corrected chi connectivity index (χ3v) is 6.32. The maximum atomic E-state index is 11.2. The largest absolute Gasteiger partial charge is 0.490 e. The number of hydrogen-bond acceptors (Lipinski definition) is 4. The Hall–Kier alpha value is -2.63. The van der Waals surface area contributed by atoms with Crippen molar-refractivity contribution in [1.29, 1.82) is 0 Å². The summed E-state index contributed by atoms with van der Waals surface area (Å²) >= 11 is 0. The molecule has 1 fully saturated rings. The number of halogens is 1. The summed E-state index contributed by atoms with van der Waals surface area (Å²) in [7, 11) is 2.18. The van der Waals surface area contributed by atoms with E-state index in [0.717, 1.165) is 30.9 Å². The van der Waals surface area contributed by atoms with Crippen LogP contribution in [-0.2, 0) is 5.54 Å². The number of nitrogens with zero attached hydrogens (tertiary/aromatic N) is 2. The van der Waals surface area contributed by atoms with Gasteiger partial charge >= 0.3 is 0 Å². The maximum Gasteiger partial charge on any atom is 0.119 e. The Morgan fingerprint density at radius 3 is 2.06 bits per heavy atom. The van der Waals surface area contributed by atoms with Crippen molar-refractivity contribution in [1.82, 2.24) is 9.80 Å². The number of aliphatic hydroxyl groups is 1. The minimum atomic E-state index is -0.598. The summed E-state index contributed by atoms with van der Waals surface area (Å²) in [4.78, 5) is 4.83. The molecular formula is C28H33ClN2O2. The lowest BCUT2D eigenvalue weighted by molar-refractivity contribution is -0.00340. The summed E-state index contributed by atoms with van der Waals surface area (Å²) in [5.74, 6) is 0.781. The van der Waals surface area contributed by atoms with Gasteiger partial charge in [0.05, 0.1) is 11.6 Å². The fraction of sp³-hybridized carbons (Fsp3) is 0.286. The van der Waals surface area contributed by atoms with E-state index in [9.17, 15) is 5.11 Å². The van der Waals surface area contributed by atoms with Gasteiger partial charge in [0.15, 0.2) is 0 Å². The zero-order chi connectivity index (χ0) is 22.4. The van der Waals surface area contributed by atoms with Crippen LogP contribution in [0.5, 0.6) is 5.75 Å². The van der Waals surface area contributed by atoms with Crippen LogP contribution < -0.4 is 4.74 Å². The Bertz CT molecular complexity index is 956. The molecule has 0 amide bonds. The molecule has 33 heavy (non-hydrogen) atoms. The molecule has 1 heterocycles. The zero-order valence-electron chi connectivity index (χ0n) is 19.1. The van der Waals surface area contributed by atoms with Gasteiger partial charge in [-0.15, -0.1) is 12.4 Å². The standard InChI is InChI=1S/C28H32N2O2.ClH/c1-3-20-32-26-16-14-23(15-17-26)27(31)21-30-19-18-29(2)22-28(30,24-10-6-4-7-11-24)25-12-8-5-9-13-25;/h3-17,27,31H,1,18-22H2,2H3;1H. The number of rotatable bonds is 8. The molecule has 1 aliphatic rings. The Kier molecular flexibility index (Phi) is 8.70. The fourth-order valence-corrected chi connectivity index (χ4v) is 4.70. The van der Waals surface area contributed by atoms with Crippen molar-refractivity contribution in [2.45, 2.75) is 11.6 Å². The summed E-state index contributed by atoms with van der Waals surface area (Å²) in [6, 6.07) is 29.1. The summed E-state index contributed by atoms with van der Waals surface area (Å²) in [5, 5.41) is 11.2. The molecule has 1 unspecified atom stereocenters. The molecule has 0 aliphatic carbocycles. The van der Waals surface area contributed by atoms with Crippen LogP contribution >= 0.6 is 12.4 Å². The van der Waals surface area contributed by atoms with Gasteiger partial charge in [0.1, 0.15) is 12.4 Å². The lowest BCUT2D eigenvalue weighted by Gasteiger charge is -2.51. The molecule has 1 N–H and O–H groups in total. The molecule has 4 rings (SSSR count). The molecule has 174 valence electrons. The quantitative estimate of drug-likeness (QED) is 0.481. The normalized spacial score (nSPS) is 17.0. The molecule has 5 heteroatoms. The first kappa shape index (κ1) is 25.0. The van der Waals surface area contributed by atoms with E-state index in [4.69, 9.17) is 4.74 Å². The molecule has 0 radical (unpaired) electrons. The molecule has 1 saturated heterocycles. The van der Waals surface area contributed by atoms with E-state index in [1.807, 2.05) is 24.3 Å². The number of hydrogen-bond donors (Lipinski definition) is 1. The Morgan fingerprint density at radius 2 is 1.52 bits per heavy atom. The van der Waals surface area contributed by atoms with Crippen molar-refractivity contribution >= 4 is 12.4 Å². The molecule has 1 aliphatic heterocycles. The second-order valence-corrected chi connectivity index (χ2v) is 8.46. The predicted octanol–water partition coefficient (Wildman–Crippen LogP) is 4.90. The lowest BCUT2D eigenvalue weighted by Crippen LogP contribution is -2.60. The van der Waals surface area contributed by atoms with Crippen molar-refractivity contribution < 1.29 is 9.84 Å². The minimum Gasteiger partial charge on any atom is -0.490 e. The number of aliphatic hydroxyl groups excluding tert-OH is 1. The lowest BCUT2D eigenvalue weighted by atomic mass is 9.79. The topological polar surface area (TPSA) is 35.9 Å². The number of ether oxygens (including phenoxy) is 1. The Balaban J connectivity index is 0.00000306. The van der Waals surface area contributed by atoms with E-state index in [1.165, 1.54) is 11.1 Å². The molecule has 0 spiro atoms. The predicted molar refractivity (Wildman–Crippen MR) is 137 cm³/mol. The number of piperazine rings is 1. The fourth-order valence-electron chi connectivity index (χ4n) is 4.70. The van der Waals surface area contributed by atoms with Crippen molar-refractivity contribution in [3.8, 4) is 5.75 Å². The third-order valence-electron chi connectivity index (χ3n) is 6.32. The molecular weight excluding hydrogens is 432 g/mol. The monoisotopic (exact) mass is 464 g/mol. The van der Waals surface area contributed by atoms with Crippen molar-refractivity contribution in [2.24, 2.45) is 0 Å². The van der Waals surface area contributed by atoms with Gasteiger partial charge in [-0.1, -0.05) is 85.5 Å². The van der Waals surface area contributed by atoms with Gasteiger partial charge in [0.25, 0.3) is 0 Å². The second-order valence-electron chi connectivity index (χ2n) is 8.46. The van der Waals surface area contributed by atoms with Crippen LogP contribution in [0, 0.1) is 0 Å². The van der Waals surface area contributed by atoms with Crippen LogP contribution in [0.2, 0.25) is 0 Å². The van der Waals surface area contributed by atoms with Gasteiger partial charge in [-0.25, -0.2) is 0 Å². The molecule has 4 nitrogen and oxygen atoms in total. The molecule has 0 aromatic heterocycles. The van der Waals surface area contributed by atoms with E-state index in [-0.39, 0.29) is 17.9 Å². The molecule has 0 saturated carbocycles. The van der Waals surface area contributed by atoms with Gasteiger partial charge < -0.3 is 14.7 Å². The van der Waals surface area contributed by atoms with E-state index in [0.29, 0.717) is 13.2 Å². The number of β-amino-alcohol motifs (C(OH)–C–C–N with tert-alkyl or cyclic N) is 1. The van der Waals surface area contributed by atoms with Gasteiger partial charge in [0, 0.05) is 26.2 Å². The van der Waals surface area contributed by atoms with Crippen molar-refractivity contribution in [2.75, 3.05) is 39.8 Å². The Labute approximate surface area is 203 Å². The Morgan fingerprint density at radius 1 is 0.939 bits per heavy atom.